The molecule has 1 saturated heterocycles. The molecule has 1 aromatic carbocycles. The number of methoxy groups -OCH3 is 1. The zero-order valence-corrected chi connectivity index (χ0v) is 13.9. The first-order valence-electron chi connectivity index (χ1n) is 8.01. The second kappa shape index (κ2) is 6.76. The molecule has 0 spiro atoms. The van der Waals surface area contributed by atoms with E-state index in [-0.39, 0.29) is 24.8 Å². The van der Waals surface area contributed by atoms with Gasteiger partial charge >= 0.3 is 0 Å². The summed E-state index contributed by atoms with van der Waals surface area (Å²) in [6.07, 6.45) is 0.365. The fourth-order valence-electron chi connectivity index (χ4n) is 3.10. The largest absolute Gasteiger partial charge is 0.454 e. The number of hydrogen-bond acceptors (Lipinski definition) is 5. The van der Waals surface area contributed by atoms with Crippen LogP contribution in [0.1, 0.15) is 19.4 Å². The van der Waals surface area contributed by atoms with E-state index in [9.17, 15) is 4.79 Å². The van der Waals surface area contributed by atoms with Crippen molar-refractivity contribution in [3.8, 4) is 11.5 Å². The standard InChI is InChI=1S/C17H24N2O4/c1-11(2)19-8-13(16(9-19)21-3)18-17(20)7-12-4-5-14-15(6-12)23-10-22-14/h4-6,11,13,16H,7-10H2,1-3H3,(H,18,20)/t13-,16-/m0/s1. The van der Waals surface area contributed by atoms with Crippen LogP contribution in [0.25, 0.3) is 0 Å². The Labute approximate surface area is 136 Å². The van der Waals surface area contributed by atoms with Crippen molar-refractivity contribution in [1.82, 2.24) is 10.2 Å². The van der Waals surface area contributed by atoms with Gasteiger partial charge in [0.1, 0.15) is 0 Å². The van der Waals surface area contributed by atoms with Gasteiger partial charge in [0.15, 0.2) is 11.5 Å². The van der Waals surface area contributed by atoms with Crippen LogP contribution in [0.15, 0.2) is 18.2 Å². The molecular formula is C17H24N2O4. The second-order valence-electron chi connectivity index (χ2n) is 6.36. The molecule has 0 unspecified atom stereocenters. The van der Waals surface area contributed by atoms with Crippen molar-refractivity contribution in [3.05, 3.63) is 23.8 Å². The molecule has 6 heteroatoms. The average Bonchev–Trinajstić information content (AvgIpc) is 3.12. The molecule has 3 rings (SSSR count). The third kappa shape index (κ3) is 3.59. The first kappa shape index (κ1) is 16.1. The summed E-state index contributed by atoms with van der Waals surface area (Å²) in [7, 11) is 1.70. The van der Waals surface area contributed by atoms with E-state index < -0.39 is 0 Å². The highest BCUT2D eigenvalue weighted by atomic mass is 16.7. The monoisotopic (exact) mass is 320 g/mol. The predicted octanol–water partition coefficient (Wildman–Crippen LogP) is 1.18. The van der Waals surface area contributed by atoms with E-state index in [0.29, 0.717) is 18.2 Å². The molecule has 1 aromatic rings. The minimum atomic E-state index is 0.00141. The molecule has 2 heterocycles. The number of carbonyl (C=O) groups is 1. The number of nitrogens with zero attached hydrogens (tertiary/aromatic N) is 1. The van der Waals surface area contributed by atoms with Crippen LogP contribution in [0.5, 0.6) is 11.5 Å². The number of rotatable bonds is 5. The average molecular weight is 320 g/mol. The number of carbonyl (C=O) groups excluding carboxylic acids is 1. The fraction of sp³-hybridized carbons (Fsp3) is 0.588. The van der Waals surface area contributed by atoms with Gasteiger partial charge < -0.3 is 19.5 Å². The van der Waals surface area contributed by atoms with Gasteiger partial charge in [-0.3, -0.25) is 9.69 Å². The summed E-state index contributed by atoms with van der Waals surface area (Å²) < 4.78 is 16.2. The molecule has 1 fully saturated rings. The van der Waals surface area contributed by atoms with Gasteiger partial charge in [0.25, 0.3) is 0 Å². The number of benzene rings is 1. The second-order valence-corrected chi connectivity index (χ2v) is 6.36. The summed E-state index contributed by atoms with van der Waals surface area (Å²) in [6, 6.07) is 6.09. The van der Waals surface area contributed by atoms with Crippen LogP contribution in [-0.2, 0) is 16.0 Å². The molecule has 0 bridgehead atoms. The third-order valence-electron chi connectivity index (χ3n) is 4.48. The number of hydrogen-bond donors (Lipinski definition) is 1. The Bertz CT molecular complexity index is 576. The summed E-state index contributed by atoms with van der Waals surface area (Å²) in [5, 5.41) is 3.10. The Balaban J connectivity index is 1.58. The molecule has 2 aliphatic rings. The fourth-order valence-corrected chi connectivity index (χ4v) is 3.10. The first-order chi connectivity index (χ1) is 11.1. The molecule has 1 N–H and O–H groups in total. The number of amides is 1. The van der Waals surface area contributed by atoms with Crippen LogP contribution in [0, 0.1) is 0 Å². The van der Waals surface area contributed by atoms with E-state index in [2.05, 4.69) is 24.1 Å². The van der Waals surface area contributed by atoms with Crippen molar-refractivity contribution in [2.24, 2.45) is 0 Å². The lowest BCUT2D eigenvalue weighted by atomic mass is 10.1. The number of fused-ring (bicyclic) bond motifs is 1. The van der Waals surface area contributed by atoms with E-state index in [0.717, 1.165) is 24.4 Å². The number of ether oxygens (including phenoxy) is 3. The van der Waals surface area contributed by atoms with E-state index in [1.807, 2.05) is 18.2 Å². The maximum atomic E-state index is 12.3. The molecule has 2 aliphatic heterocycles. The van der Waals surface area contributed by atoms with Crippen LogP contribution >= 0.6 is 0 Å². The van der Waals surface area contributed by atoms with Gasteiger partial charge in [0, 0.05) is 26.2 Å². The maximum absolute atomic E-state index is 12.3. The van der Waals surface area contributed by atoms with Crippen LogP contribution in [-0.4, -0.2) is 56.0 Å². The molecule has 1 amide bonds. The highest BCUT2D eigenvalue weighted by Gasteiger charge is 2.34. The molecule has 126 valence electrons. The Hall–Kier alpha value is -1.79. The Morgan fingerprint density at radius 3 is 2.87 bits per heavy atom. The summed E-state index contributed by atoms with van der Waals surface area (Å²) in [5.41, 5.74) is 0.916. The Kier molecular flexibility index (Phi) is 4.73. The molecule has 2 atom stereocenters. The normalized spacial score (nSPS) is 23.5. The molecule has 0 aromatic heterocycles. The lowest BCUT2D eigenvalue weighted by Gasteiger charge is -2.20. The molecule has 0 aliphatic carbocycles. The SMILES string of the molecule is CO[C@H]1CN(C(C)C)C[C@@H]1NC(=O)Cc1ccc2c(c1)OCO2. The third-order valence-corrected chi connectivity index (χ3v) is 4.48. The minimum absolute atomic E-state index is 0.00141. The lowest BCUT2D eigenvalue weighted by molar-refractivity contribution is -0.121. The van der Waals surface area contributed by atoms with E-state index in [1.54, 1.807) is 7.11 Å². The van der Waals surface area contributed by atoms with Crippen molar-refractivity contribution in [2.45, 2.75) is 38.5 Å². The summed E-state index contributed by atoms with van der Waals surface area (Å²) in [5.74, 6) is 1.44. The smallest absolute Gasteiger partial charge is 0.231 e. The van der Waals surface area contributed by atoms with Crippen LogP contribution in [0.4, 0.5) is 0 Å². The maximum Gasteiger partial charge on any atom is 0.231 e. The van der Waals surface area contributed by atoms with Gasteiger partial charge in [-0.25, -0.2) is 0 Å². The molecule has 0 saturated carbocycles. The van der Waals surface area contributed by atoms with E-state index in [4.69, 9.17) is 14.2 Å². The van der Waals surface area contributed by atoms with Crippen molar-refractivity contribution in [2.75, 3.05) is 27.0 Å². The van der Waals surface area contributed by atoms with Crippen LogP contribution in [0.3, 0.4) is 0 Å². The topological polar surface area (TPSA) is 60.0 Å². The van der Waals surface area contributed by atoms with Gasteiger partial charge in [-0.05, 0) is 31.5 Å². The quantitative estimate of drug-likeness (QED) is 0.883. The van der Waals surface area contributed by atoms with Crippen molar-refractivity contribution in [1.29, 1.82) is 0 Å². The Morgan fingerprint density at radius 2 is 2.13 bits per heavy atom. The highest BCUT2D eigenvalue weighted by molar-refractivity contribution is 5.79. The van der Waals surface area contributed by atoms with E-state index in [1.165, 1.54) is 0 Å². The zero-order valence-electron chi connectivity index (χ0n) is 13.9. The zero-order chi connectivity index (χ0) is 16.4. The summed E-state index contributed by atoms with van der Waals surface area (Å²) in [4.78, 5) is 14.7. The van der Waals surface area contributed by atoms with Crippen molar-refractivity contribution in [3.63, 3.8) is 0 Å². The molecule has 6 nitrogen and oxygen atoms in total. The van der Waals surface area contributed by atoms with E-state index >= 15 is 0 Å². The summed E-state index contributed by atoms with van der Waals surface area (Å²) in [6.45, 7) is 6.23. The summed E-state index contributed by atoms with van der Waals surface area (Å²) >= 11 is 0. The molecule has 23 heavy (non-hydrogen) atoms. The van der Waals surface area contributed by atoms with Gasteiger partial charge in [-0.15, -0.1) is 0 Å². The van der Waals surface area contributed by atoms with Gasteiger partial charge in [-0.2, -0.15) is 0 Å². The van der Waals surface area contributed by atoms with Gasteiger partial charge in [0.05, 0.1) is 18.6 Å². The highest BCUT2D eigenvalue weighted by Crippen LogP contribution is 2.32. The Morgan fingerprint density at radius 1 is 1.35 bits per heavy atom. The van der Waals surface area contributed by atoms with Crippen molar-refractivity contribution < 1.29 is 19.0 Å². The van der Waals surface area contributed by atoms with Gasteiger partial charge in [0.2, 0.25) is 12.7 Å². The van der Waals surface area contributed by atoms with Crippen molar-refractivity contribution >= 4 is 5.91 Å². The predicted molar refractivity (Wildman–Crippen MR) is 85.7 cm³/mol. The molecular weight excluding hydrogens is 296 g/mol. The number of nitrogens with one attached hydrogen (secondary N) is 1. The minimum Gasteiger partial charge on any atom is -0.454 e. The lowest BCUT2D eigenvalue weighted by Crippen LogP contribution is -2.44. The number of likely N-dealkylation sites (tertiary alicyclic amines) is 1. The first-order valence-corrected chi connectivity index (χ1v) is 8.01. The molecule has 0 radical (unpaired) electrons. The van der Waals surface area contributed by atoms with Crippen LogP contribution < -0.4 is 14.8 Å². The van der Waals surface area contributed by atoms with Crippen LogP contribution in [0.2, 0.25) is 0 Å². The van der Waals surface area contributed by atoms with Gasteiger partial charge in [-0.1, -0.05) is 6.07 Å².